The van der Waals surface area contributed by atoms with E-state index in [9.17, 15) is 14.4 Å². The lowest BCUT2D eigenvalue weighted by Crippen LogP contribution is -2.50. The van der Waals surface area contributed by atoms with Crippen molar-refractivity contribution in [2.24, 2.45) is 0 Å². The molecule has 2 atom stereocenters. The average Bonchev–Trinajstić information content (AvgIpc) is 3.03. The third kappa shape index (κ3) is 6.83. The number of fused-ring (bicyclic) bond motifs is 2. The summed E-state index contributed by atoms with van der Waals surface area (Å²) in [5.74, 6) is -0.379. The number of carbonyl (C=O) groups is 3. The summed E-state index contributed by atoms with van der Waals surface area (Å²) in [5.41, 5.74) is 2.83. The number of amides is 4. The number of hydrogen-bond acceptors (Lipinski definition) is 6. The van der Waals surface area contributed by atoms with Gasteiger partial charge < -0.3 is 14.5 Å². The van der Waals surface area contributed by atoms with Crippen LogP contribution in [0.15, 0.2) is 30.3 Å². The van der Waals surface area contributed by atoms with E-state index in [4.69, 9.17) is 14.4 Å². The molecule has 4 amide bonds. The Morgan fingerprint density at radius 3 is 2.56 bits per heavy atom. The molecule has 10 heteroatoms. The first-order valence-electron chi connectivity index (χ1n) is 11.9. The summed E-state index contributed by atoms with van der Waals surface area (Å²) in [7, 11) is 0. The fourth-order valence-corrected chi connectivity index (χ4v) is 4.03. The Balaban J connectivity index is 1.45. The van der Waals surface area contributed by atoms with Crippen LogP contribution in [-0.4, -0.2) is 76.8 Å². The van der Waals surface area contributed by atoms with Crippen LogP contribution in [0.5, 0.6) is 0 Å². The highest BCUT2D eigenvalue weighted by molar-refractivity contribution is 5.88. The number of nitrogens with zero attached hydrogens (tertiary/aromatic N) is 3. The van der Waals surface area contributed by atoms with Gasteiger partial charge in [-0.2, -0.15) is 5.06 Å². The molecule has 2 aliphatic heterocycles. The number of benzene rings is 1. The maximum Gasteiger partial charge on any atom is 0.410 e. The number of hydroxylamine groups is 3. The highest BCUT2D eigenvalue weighted by Crippen LogP contribution is 2.30. The predicted molar refractivity (Wildman–Crippen MR) is 124 cm³/mol. The first kappa shape index (κ1) is 25.8. The van der Waals surface area contributed by atoms with E-state index in [0.29, 0.717) is 32.5 Å². The Kier molecular flexibility index (Phi) is 8.73. The molecule has 10 nitrogen and oxygen atoms in total. The van der Waals surface area contributed by atoms with Crippen molar-refractivity contribution in [2.45, 2.75) is 71.2 Å². The average molecular weight is 477 g/mol. The molecular formula is C24H36N4O6. The van der Waals surface area contributed by atoms with Crippen molar-refractivity contribution in [1.29, 1.82) is 0 Å². The van der Waals surface area contributed by atoms with Crippen LogP contribution in [0.3, 0.4) is 0 Å². The molecule has 2 aliphatic rings. The summed E-state index contributed by atoms with van der Waals surface area (Å²) in [6.45, 7) is 9.06. The maximum atomic E-state index is 12.9. The molecule has 0 radical (unpaired) electrons. The Labute approximate surface area is 201 Å². The van der Waals surface area contributed by atoms with Gasteiger partial charge in [0.05, 0.1) is 12.6 Å². The molecule has 2 bridgehead atoms. The van der Waals surface area contributed by atoms with Gasteiger partial charge in [-0.3, -0.25) is 14.5 Å². The molecule has 0 aliphatic carbocycles. The Morgan fingerprint density at radius 2 is 1.88 bits per heavy atom. The van der Waals surface area contributed by atoms with Crippen molar-refractivity contribution < 1.29 is 28.8 Å². The topological polar surface area (TPSA) is 101 Å². The van der Waals surface area contributed by atoms with Crippen LogP contribution in [0, 0.1) is 0 Å². The number of ether oxygens (including phenoxy) is 1. The smallest absolute Gasteiger partial charge is 0.410 e. The van der Waals surface area contributed by atoms with Crippen molar-refractivity contribution in [1.82, 2.24) is 20.3 Å². The minimum absolute atomic E-state index is 0.0717. The molecule has 34 heavy (non-hydrogen) atoms. The van der Waals surface area contributed by atoms with E-state index in [2.05, 4.69) is 5.48 Å². The molecule has 2 heterocycles. The van der Waals surface area contributed by atoms with Gasteiger partial charge in [0.2, 0.25) is 0 Å². The summed E-state index contributed by atoms with van der Waals surface area (Å²) in [4.78, 5) is 52.1. The van der Waals surface area contributed by atoms with Crippen molar-refractivity contribution >= 4 is 18.0 Å². The van der Waals surface area contributed by atoms with Gasteiger partial charge in [0.1, 0.15) is 18.2 Å². The molecule has 0 unspecified atom stereocenters. The zero-order valence-electron chi connectivity index (χ0n) is 20.5. The normalized spacial score (nSPS) is 19.8. The third-order valence-electron chi connectivity index (χ3n) is 5.62. The minimum atomic E-state index is -0.619. The number of nitrogens with one attached hydrogen (secondary N) is 1. The van der Waals surface area contributed by atoms with E-state index >= 15 is 0 Å². The lowest BCUT2D eigenvalue weighted by atomic mass is 10.0. The zero-order chi connectivity index (χ0) is 24.7. The van der Waals surface area contributed by atoms with Crippen LogP contribution in [0.2, 0.25) is 0 Å². The predicted octanol–water partition coefficient (Wildman–Crippen LogP) is 3.08. The second-order valence-corrected chi connectivity index (χ2v) is 9.55. The molecule has 188 valence electrons. The van der Waals surface area contributed by atoms with E-state index < -0.39 is 17.7 Å². The number of urea groups is 1. The van der Waals surface area contributed by atoms with Crippen molar-refractivity contribution in [2.75, 3.05) is 26.2 Å². The van der Waals surface area contributed by atoms with Crippen LogP contribution < -0.4 is 5.48 Å². The first-order chi connectivity index (χ1) is 16.2. The SMILES string of the molecule is CCCN(CCONC(=O)[C@@H]1CC[C@@H]2CN1C(=O)N2OCc1ccccc1)C(=O)OC(C)(C)C. The Morgan fingerprint density at radius 1 is 1.15 bits per heavy atom. The Bertz CT molecular complexity index is 844. The molecule has 3 rings (SSSR count). The van der Waals surface area contributed by atoms with Gasteiger partial charge in [-0.25, -0.2) is 15.1 Å². The zero-order valence-corrected chi connectivity index (χ0v) is 20.5. The van der Waals surface area contributed by atoms with Crippen LogP contribution in [-0.2, 0) is 25.8 Å². The van der Waals surface area contributed by atoms with Gasteiger partial charge in [-0.05, 0) is 45.6 Å². The van der Waals surface area contributed by atoms with Gasteiger partial charge >= 0.3 is 12.1 Å². The van der Waals surface area contributed by atoms with Gasteiger partial charge in [-0.1, -0.05) is 37.3 Å². The fourth-order valence-electron chi connectivity index (χ4n) is 4.03. The van der Waals surface area contributed by atoms with Crippen molar-refractivity contribution in [3.05, 3.63) is 35.9 Å². The van der Waals surface area contributed by atoms with Crippen molar-refractivity contribution in [3.8, 4) is 0 Å². The van der Waals surface area contributed by atoms with Crippen LogP contribution in [0.25, 0.3) is 0 Å². The summed E-state index contributed by atoms with van der Waals surface area (Å²) in [5, 5.41) is 1.39. The highest BCUT2D eigenvalue weighted by Gasteiger charge is 2.48. The highest BCUT2D eigenvalue weighted by atomic mass is 16.7. The molecule has 2 saturated heterocycles. The largest absolute Gasteiger partial charge is 0.444 e. The first-order valence-corrected chi connectivity index (χ1v) is 11.9. The molecular weight excluding hydrogens is 440 g/mol. The van der Waals surface area contributed by atoms with Crippen LogP contribution in [0.4, 0.5) is 9.59 Å². The van der Waals surface area contributed by atoms with E-state index in [-0.39, 0.29) is 31.1 Å². The van der Waals surface area contributed by atoms with Crippen molar-refractivity contribution in [3.63, 3.8) is 0 Å². The lowest BCUT2D eigenvalue weighted by Gasteiger charge is -2.29. The second-order valence-electron chi connectivity index (χ2n) is 9.55. The summed E-state index contributed by atoms with van der Waals surface area (Å²) < 4.78 is 5.41. The van der Waals surface area contributed by atoms with Crippen LogP contribution in [0.1, 0.15) is 52.5 Å². The minimum Gasteiger partial charge on any atom is -0.444 e. The standard InChI is InChI=1S/C24H36N4O6/c1-5-13-26(23(31)34-24(2,3)4)14-15-32-25-21(29)20-12-11-19-16-27(20)22(30)28(19)33-17-18-9-7-6-8-10-18/h6-10,19-20H,5,11-17H2,1-4H3,(H,25,29)/t19-,20+/m1/s1. The molecule has 0 spiro atoms. The lowest BCUT2D eigenvalue weighted by molar-refractivity contribution is -0.141. The second kappa shape index (κ2) is 11.5. The van der Waals surface area contributed by atoms with Gasteiger partial charge in [0.25, 0.3) is 5.91 Å². The number of rotatable bonds is 10. The molecule has 0 aromatic heterocycles. The fraction of sp³-hybridized carbons (Fsp3) is 0.625. The molecule has 2 fully saturated rings. The number of carbonyl (C=O) groups excluding carboxylic acids is 3. The third-order valence-corrected chi connectivity index (χ3v) is 5.62. The monoisotopic (exact) mass is 476 g/mol. The van der Waals surface area contributed by atoms with Gasteiger partial charge in [-0.15, -0.1) is 0 Å². The van der Waals surface area contributed by atoms with E-state index in [0.717, 1.165) is 12.0 Å². The number of hydrogen-bond donors (Lipinski definition) is 1. The maximum absolute atomic E-state index is 12.9. The number of piperidine rings is 1. The van der Waals surface area contributed by atoms with E-state index in [1.165, 1.54) is 9.96 Å². The van der Waals surface area contributed by atoms with Crippen LogP contribution >= 0.6 is 0 Å². The quantitative estimate of drug-likeness (QED) is 0.411. The van der Waals surface area contributed by atoms with E-state index in [1.807, 2.05) is 58.0 Å². The summed E-state index contributed by atoms with van der Waals surface area (Å²) in [6, 6.07) is 8.63. The summed E-state index contributed by atoms with van der Waals surface area (Å²) >= 11 is 0. The molecule has 0 saturated carbocycles. The Hall–Kier alpha value is -2.85. The van der Waals surface area contributed by atoms with Gasteiger partial charge in [0.15, 0.2) is 0 Å². The summed E-state index contributed by atoms with van der Waals surface area (Å²) in [6.07, 6.45) is 1.55. The molecule has 1 N–H and O–H groups in total. The van der Waals surface area contributed by atoms with Gasteiger partial charge in [0, 0.05) is 19.6 Å². The molecule has 1 aromatic carbocycles. The van der Waals surface area contributed by atoms with E-state index in [1.54, 1.807) is 4.90 Å². The molecule has 1 aromatic rings.